The third-order valence-electron chi connectivity index (χ3n) is 6.62. The monoisotopic (exact) mass is 646 g/mol. The Hall–Kier alpha value is -1.96. The minimum absolute atomic E-state index is 0. The van der Waals surface area contributed by atoms with Crippen LogP contribution in [0, 0.1) is 13.8 Å². The average molecular weight is 649 g/mol. The Bertz CT molecular complexity index is 1280. The van der Waals surface area contributed by atoms with E-state index in [9.17, 15) is 0 Å². The molecule has 5 aromatic carbocycles. The van der Waals surface area contributed by atoms with Gasteiger partial charge in [0, 0.05) is 0 Å². The van der Waals surface area contributed by atoms with Crippen LogP contribution in [-0.2, 0) is 36.2 Å². The molecule has 0 heterocycles. The summed E-state index contributed by atoms with van der Waals surface area (Å²) in [6, 6.07) is 41.3. The molecular weight excluding hydrogens is 611 g/mol. The minimum atomic E-state index is -0.122. The van der Waals surface area contributed by atoms with Gasteiger partial charge in [-0.05, 0) is 12.8 Å². The van der Waals surface area contributed by atoms with Crippen molar-refractivity contribution in [1.82, 2.24) is 0 Å². The number of rotatable bonds is 5. The second kappa shape index (κ2) is 18.4. The fraction of sp³-hybridized carbons (Fsp3) is 0.200. The van der Waals surface area contributed by atoms with Gasteiger partial charge in [-0.2, -0.15) is 12.1 Å². The Morgan fingerprint density at radius 1 is 0.564 bits per heavy atom. The van der Waals surface area contributed by atoms with Gasteiger partial charge in [-0.3, -0.25) is 0 Å². The van der Waals surface area contributed by atoms with Gasteiger partial charge >= 0.3 is 70.8 Å². The molecule has 5 rings (SSSR count). The zero-order valence-electron chi connectivity index (χ0n) is 23.6. The molecule has 0 saturated heterocycles. The average Bonchev–Trinajstić information content (AvgIpc) is 3.58. The van der Waals surface area contributed by atoms with E-state index >= 15 is 0 Å². The Kier molecular flexibility index (Phi) is 16.5. The van der Waals surface area contributed by atoms with Crippen molar-refractivity contribution in [2.45, 2.75) is 47.1 Å². The summed E-state index contributed by atoms with van der Waals surface area (Å²) in [6.07, 6.45) is 2.22. The molecule has 202 valence electrons. The van der Waals surface area contributed by atoms with Crippen molar-refractivity contribution in [3.63, 3.8) is 0 Å². The van der Waals surface area contributed by atoms with Crippen LogP contribution in [0.4, 0.5) is 0 Å². The molecule has 0 aliphatic rings. The molecule has 0 fully saturated rings. The zero-order valence-corrected chi connectivity index (χ0v) is 28.6. The van der Waals surface area contributed by atoms with E-state index in [1.54, 1.807) is 28.5 Å². The molecule has 0 N–H and O–H groups in total. The first-order valence-electron chi connectivity index (χ1n) is 13.2. The van der Waals surface area contributed by atoms with E-state index in [2.05, 4.69) is 150 Å². The smallest absolute Gasteiger partial charge is 1.00 e. The van der Waals surface area contributed by atoms with E-state index in [1.807, 2.05) is 0 Å². The van der Waals surface area contributed by atoms with Gasteiger partial charge in [0.15, 0.2) is 0 Å². The summed E-state index contributed by atoms with van der Waals surface area (Å²) in [5.74, 6) is 0. The van der Waals surface area contributed by atoms with Crippen LogP contribution in [0.3, 0.4) is 0 Å². The second-order valence-electron chi connectivity index (χ2n) is 9.34. The number of aryl methyl sites for hydroxylation is 4. The number of hydrogen-bond acceptors (Lipinski definition) is 0. The summed E-state index contributed by atoms with van der Waals surface area (Å²) in [5.41, 5.74) is 10.7. The molecule has 0 amide bonds. The molecule has 0 spiro atoms. The molecule has 0 aliphatic carbocycles. The summed E-state index contributed by atoms with van der Waals surface area (Å²) in [5, 5.41) is 1.56. The second-order valence-corrected chi connectivity index (χ2v) is 16.7. The van der Waals surface area contributed by atoms with Gasteiger partial charge in [-0.25, -0.2) is 0 Å². The molecule has 0 nitrogen and oxygen atoms in total. The van der Waals surface area contributed by atoms with Crippen LogP contribution in [-0.4, -0.2) is 5.43 Å². The SMILES string of the molecule is CCc1ccc(-[c-]2cccc2C)cc1.CCc1ccc(-[c-]2cccc2C)cc1.C[Si](=[Zr+2])c1ccccc1.[Cl-].[Cl-]. The molecule has 0 bridgehead atoms. The van der Waals surface area contributed by atoms with Gasteiger partial charge in [-0.15, -0.1) is 70.8 Å². The van der Waals surface area contributed by atoms with E-state index < -0.39 is 0 Å². The quantitative estimate of drug-likeness (QED) is 0.203. The number of halogens is 2. The molecule has 0 unspecified atom stereocenters. The van der Waals surface area contributed by atoms with E-state index in [-0.39, 0.29) is 30.2 Å². The summed E-state index contributed by atoms with van der Waals surface area (Å²) in [4.78, 5) is 0. The largest absolute Gasteiger partial charge is 1.00 e. The van der Waals surface area contributed by atoms with Crippen molar-refractivity contribution in [2.75, 3.05) is 0 Å². The molecular formula is C35H38Cl2SiZr-2. The molecule has 5 aromatic rings. The van der Waals surface area contributed by atoms with Gasteiger partial charge in [0.25, 0.3) is 0 Å². The number of hydrogen-bond donors (Lipinski definition) is 0. The first-order chi connectivity index (χ1) is 17.9. The van der Waals surface area contributed by atoms with Gasteiger partial charge < -0.3 is 24.8 Å². The third kappa shape index (κ3) is 10.8. The standard InChI is InChI=1S/2C14H15.C7H8Si.2ClH.Zr/c2*1-3-12-7-9-13(10-8-12)14-6-4-5-11(14)2;1-8-7-5-3-2-4-6-7;;;/h2*4-10H,3H2,1-2H3;2-6H,1H3;2*1H;/q2*-1;;;;+2/p-2. The molecule has 0 atom stereocenters. The fourth-order valence-corrected chi connectivity index (χ4v) is 6.12. The van der Waals surface area contributed by atoms with E-state index in [0.29, 0.717) is 0 Å². The number of benzene rings is 3. The predicted octanol–water partition coefficient (Wildman–Crippen LogP) is 2.96. The molecule has 0 aromatic heterocycles. The van der Waals surface area contributed by atoms with E-state index in [0.717, 1.165) is 12.8 Å². The Balaban J connectivity index is 0.000000292. The molecule has 0 aliphatic heterocycles. The van der Waals surface area contributed by atoms with Crippen molar-refractivity contribution in [1.29, 1.82) is 0 Å². The van der Waals surface area contributed by atoms with Crippen molar-refractivity contribution >= 4 is 10.6 Å². The van der Waals surface area contributed by atoms with Crippen LogP contribution in [0.1, 0.15) is 36.1 Å². The maximum atomic E-state index is 2.35. The maximum absolute atomic E-state index is 2.35. The Morgan fingerprint density at radius 3 is 1.21 bits per heavy atom. The summed E-state index contributed by atoms with van der Waals surface area (Å²) >= 11 is 1.69. The van der Waals surface area contributed by atoms with Crippen LogP contribution >= 0.6 is 0 Å². The molecule has 39 heavy (non-hydrogen) atoms. The summed E-state index contributed by atoms with van der Waals surface area (Å²) < 4.78 is 0. The normalized spacial score (nSPS) is 9.62. The van der Waals surface area contributed by atoms with Gasteiger partial charge in [-0.1, -0.05) is 74.2 Å². The van der Waals surface area contributed by atoms with Gasteiger partial charge in [0.05, 0.1) is 0 Å². The van der Waals surface area contributed by atoms with Crippen molar-refractivity contribution < 1.29 is 48.1 Å². The summed E-state index contributed by atoms with van der Waals surface area (Å²) in [6.45, 7) is 11.0. The Morgan fingerprint density at radius 2 is 0.949 bits per heavy atom. The van der Waals surface area contributed by atoms with Gasteiger partial charge in [0.2, 0.25) is 0 Å². The fourth-order valence-electron chi connectivity index (χ4n) is 4.20. The molecule has 4 heteroatoms. The van der Waals surface area contributed by atoms with E-state index in [1.165, 1.54) is 44.5 Å². The molecule has 0 saturated carbocycles. The van der Waals surface area contributed by atoms with Crippen molar-refractivity contribution in [3.05, 3.63) is 138 Å². The Labute approximate surface area is 263 Å². The van der Waals surface area contributed by atoms with Crippen LogP contribution in [0.2, 0.25) is 6.55 Å². The first kappa shape index (κ1) is 35.1. The third-order valence-corrected chi connectivity index (χ3v) is 9.95. The van der Waals surface area contributed by atoms with Crippen LogP contribution < -0.4 is 30.0 Å². The van der Waals surface area contributed by atoms with Crippen molar-refractivity contribution in [3.8, 4) is 22.3 Å². The maximum Gasteiger partial charge on any atom is -1.00 e. The van der Waals surface area contributed by atoms with Crippen molar-refractivity contribution in [2.24, 2.45) is 0 Å². The van der Waals surface area contributed by atoms with Crippen LogP contribution in [0.15, 0.2) is 115 Å². The zero-order chi connectivity index (χ0) is 26.6. The molecule has 0 radical (unpaired) electrons. The van der Waals surface area contributed by atoms with Gasteiger partial charge in [0.1, 0.15) is 0 Å². The van der Waals surface area contributed by atoms with Crippen LogP contribution in [0.25, 0.3) is 22.3 Å². The minimum Gasteiger partial charge on any atom is -1.00 e. The first-order valence-corrected chi connectivity index (χ1v) is 18.8. The van der Waals surface area contributed by atoms with E-state index in [4.69, 9.17) is 0 Å². The topological polar surface area (TPSA) is 0 Å². The van der Waals surface area contributed by atoms with Crippen LogP contribution in [0.5, 0.6) is 0 Å². The predicted molar refractivity (Wildman–Crippen MR) is 161 cm³/mol. The summed E-state index contributed by atoms with van der Waals surface area (Å²) in [7, 11) is 0.